The van der Waals surface area contributed by atoms with Crippen LogP contribution in [0.5, 0.6) is 0 Å². The molecular formula is C13H11BNO. The minimum atomic E-state index is -0.124. The summed E-state index contributed by atoms with van der Waals surface area (Å²) in [4.78, 5) is 11.6. The van der Waals surface area contributed by atoms with Crippen LogP contribution >= 0.6 is 0 Å². The zero-order chi connectivity index (χ0) is 11.5. The molecule has 0 aliphatic carbocycles. The summed E-state index contributed by atoms with van der Waals surface area (Å²) in [5.41, 5.74) is 3.41. The van der Waals surface area contributed by atoms with Crippen LogP contribution in [-0.4, -0.2) is 13.1 Å². The van der Waals surface area contributed by atoms with E-state index in [-0.39, 0.29) is 5.78 Å². The van der Waals surface area contributed by atoms with Gasteiger partial charge in [0.05, 0.1) is 0 Å². The van der Waals surface area contributed by atoms with Crippen molar-refractivity contribution in [1.29, 1.82) is 0 Å². The van der Waals surface area contributed by atoms with Crippen molar-refractivity contribution in [3.05, 3.63) is 60.7 Å². The first-order valence-electron chi connectivity index (χ1n) is 5.00. The number of rotatable bonds is 3. The van der Waals surface area contributed by atoms with Crippen LogP contribution in [0.4, 0.5) is 5.69 Å². The van der Waals surface area contributed by atoms with E-state index >= 15 is 0 Å². The van der Waals surface area contributed by atoms with E-state index in [1.54, 1.807) is 6.08 Å². The zero-order valence-corrected chi connectivity index (χ0v) is 8.86. The third kappa shape index (κ3) is 1.72. The Morgan fingerprint density at radius 1 is 1.25 bits per heavy atom. The van der Waals surface area contributed by atoms with Crippen molar-refractivity contribution in [3.63, 3.8) is 0 Å². The van der Waals surface area contributed by atoms with Crippen LogP contribution in [0.2, 0.25) is 0 Å². The molecule has 2 nitrogen and oxygen atoms in total. The van der Waals surface area contributed by atoms with Crippen molar-refractivity contribution in [2.24, 2.45) is 0 Å². The molecule has 0 aromatic heterocycles. The van der Waals surface area contributed by atoms with Crippen molar-refractivity contribution in [3.8, 4) is 0 Å². The summed E-state index contributed by atoms with van der Waals surface area (Å²) >= 11 is 0. The molecule has 0 unspecified atom stereocenters. The van der Waals surface area contributed by atoms with Crippen LogP contribution in [0.15, 0.2) is 60.7 Å². The summed E-state index contributed by atoms with van der Waals surface area (Å²) in [6.45, 7) is 7.13. The molecule has 0 saturated carbocycles. The van der Waals surface area contributed by atoms with E-state index in [0.717, 1.165) is 16.7 Å². The van der Waals surface area contributed by atoms with E-state index in [4.69, 9.17) is 0 Å². The number of hydrogen-bond donors (Lipinski definition) is 1. The highest BCUT2D eigenvalue weighted by Crippen LogP contribution is 2.18. The Kier molecular flexibility index (Phi) is 2.77. The van der Waals surface area contributed by atoms with Gasteiger partial charge >= 0.3 is 0 Å². The molecule has 0 bridgehead atoms. The van der Waals surface area contributed by atoms with Gasteiger partial charge in [-0.25, -0.2) is 0 Å². The lowest BCUT2D eigenvalue weighted by Crippen LogP contribution is -2.12. The number of fused-ring (bicyclic) bond motifs is 1. The highest BCUT2D eigenvalue weighted by molar-refractivity contribution is 6.66. The summed E-state index contributed by atoms with van der Waals surface area (Å²) in [5.74, 6) is -0.124. The second-order valence-corrected chi connectivity index (χ2v) is 3.46. The highest BCUT2D eigenvalue weighted by atomic mass is 16.1. The van der Waals surface area contributed by atoms with E-state index in [1.807, 2.05) is 31.5 Å². The number of ketones is 1. The first kappa shape index (κ1) is 10.5. The van der Waals surface area contributed by atoms with Crippen molar-refractivity contribution >= 4 is 24.2 Å². The standard InChI is InChI=1S/C13H11BNO/c1-3-9(12(16)4-2)13-14-10-7-5-6-8-11(10)15-13/h3-8,15H,1-2H2. The molecule has 0 atom stereocenters. The molecule has 2 rings (SSSR count). The molecule has 0 fully saturated rings. The summed E-state index contributed by atoms with van der Waals surface area (Å²) in [6, 6.07) is 7.88. The second kappa shape index (κ2) is 4.23. The van der Waals surface area contributed by atoms with Crippen LogP contribution in [0.25, 0.3) is 0 Å². The van der Waals surface area contributed by atoms with Crippen LogP contribution in [0, 0.1) is 0 Å². The van der Waals surface area contributed by atoms with Crippen LogP contribution < -0.4 is 10.8 Å². The molecule has 1 radical (unpaired) electrons. The summed E-state index contributed by atoms with van der Waals surface area (Å²) in [7, 11) is 1.94. The van der Waals surface area contributed by atoms with Gasteiger partial charge in [-0.1, -0.05) is 42.9 Å². The highest BCUT2D eigenvalue weighted by Gasteiger charge is 2.19. The van der Waals surface area contributed by atoms with Gasteiger partial charge in [-0.15, -0.1) is 0 Å². The number of nitrogens with one attached hydrogen (secondary N) is 1. The van der Waals surface area contributed by atoms with Crippen LogP contribution in [0.3, 0.4) is 0 Å². The summed E-state index contributed by atoms with van der Waals surface area (Å²) in [6.07, 6.45) is 2.84. The fourth-order valence-electron chi connectivity index (χ4n) is 1.67. The zero-order valence-electron chi connectivity index (χ0n) is 8.86. The third-order valence-corrected chi connectivity index (χ3v) is 2.48. The van der Waals surface area contributed by atoms with Crippen molar-refractivity contribution in [1.82, 2.24) is 0 Å². The lowest BCUT2D eigenvalue weighted by molar-refractivity contribution is -0.111. The number of para-hydroxylation sites is 1. The first-order valence-corrected chi connectivity index (χ1v) is 5.00. The molecule has 0 saturated heterocycles. The number of allylic oxidation sites excluding steroid dienone is 3. The van der Waals surface area contributed by atoms with Gasteiger partial charge in [0.1, 0.15) is 0 Å². The van der Waals surface area contributed by atoms with E-state index in [0.29, 0.717) is 5.57 Å². The van der Waals surface area contributed by atoms with Gasteiger partial charge in [0.2, 0.25) is 7.28 Å². The van der Waals surface area contributed by atoms with E-state index < -0.39 is 0 Å². The van der Waals surface area contributed by atoms with Gasteiger partial charge in [-0.3, -0.25) is 4.79 Å². The maximum absolute atomic E-state index is 11.6. The fourth-order valence-corrected chi connectivity index (χ4v) is 1.67. The molecule has 0 spiro atoms. The Bertz CT molecular complexity index is 475. The molecule has 1 aliphatic heterocycles. The maximum Gasteiger partial charge on any atom is 0.217 e. The minimum Gasteiger partial charge on any atom is -0.367 e. The summed E-state index contributed by atoms with van der Waals surface area (Å²) < 4.78 is 0. The van der Waals surface area contributed by atoms with Crippen LogP contribution in [-0.2, 0) is 4.79 Å². The van der Waals surface area contributed by atoms with Crippen molar-refractivity contribution in [2.45, 2.75) is 0 Å². The molecule has 1 heterocycles. The molecule has 1 aromatic rings. The van der Waals surface area contributed by atoms with Crippen molar-refractivity contribution in [2.75, 3.05) is 5.32 Å². The molecule has 77 valence electrons. The Balaban J connectivity index is 2.40. The van der Waals surface area contributed by atoms with E-state index in [2.05, 4.69) is 18.5 Å². The normalized spacial score (nSPS) is 15.5. The minimum absolute atomic E-state index is 0.124. The Labute approximate surface area is 95.6 Å². The fraction of sp³-hybridized carbons (Fsp3) is 0. The molecular weight excluding hydrogens is 197 g/mol. The average Bonchev–Trinajstić information content (AvgIpc) is 2.72. The lowest BCUT2D eigenvalue weighted by Gasteiger charge is -2.04. The van der Waals surface area contributed by atoms with E-state index in [9.17, 15) is 4.79 Å². The van der Waals surface area contributed by atoms with Crippen molar-refractivity contribution < 1.29 is 4.79 Å². The number of carbonyl (C=O) groups excluding carboxylic acids is 1. The molecule has 3 heteroatoms. The predicted octanol–water partition coefficient (Wildman–Crippen LogP) is 1.59. The van der Waals surface area contributed by atoms with Gasteiger partial charge in [0.25, 0.3) is 0 Å². The largest absolute Gasteiger partial charge is 0.367 e. The monoisotopic (exact) mass is 208 g/mol. The number of hydrogen-bond acceptors (Lipinski definition) is 2. The summed E-state index contributed by atoms with van der Waals surface area (Å²) in [5, 5.41) is 3.18. The maximum atomic E-state index is 11.6. The van der Waals surface area contributed by atoms with E-state index in [1.165, 1.54) is 6.08 Å². The Hall–Kier alpha value is -2.03. The van der Waals surface area contributed by atoms with Gasteiger partial charge in [0.15, 0.2) is 5.78 Å². The van der Waals surface area contributed by atoms with Gasteiger partial charge in [-0.2, -0.15) is 0 Å². The smallest absolute Gasteiger partial charge is 0.217 e. The molecule has 1 aromatic carbocycles. The number of carbonyl (C=O) groups is 1. The number of benzene rings is 1. The lowest BCUT2D eigenvalue weighted by atomic mass is 9.68. The van der Waals surface area contributed by atoms with Gasteiger partial charge in [0, 0.05) is 11.3 Å². The molecule has 1 N–H and O–H groups in total. The Morgan fingerprint density at radius 3 is 2.62 bits per heavy atom. The molecule has 1 aliphatic rings. The number of anilines is 1. The van der Waals surface area contributed by atoms with Gasteiger partial charge in [-0.05, 0) is 17.7 Å². The molecule has 0 amide bonds. The Morgan fingerprint density at radius 2 is 2.00 bits per heavy atom. The third-order valence-electron chi connectivity index (χ3n) is 2.48. The van der Waals surface area contributed by atoms with Crippen LogP contribution in [0.1, 0.15) is 0 Å². The average molecular weight is 208 g/mol. The quantitative estimate of drug-likeness (QED) is 0.603. The molecule has 16 heavy (non-hydrogen) atoms. The second-order valence-electron chi connectivity index (χ2n) is 3.46. The topological polar surface area (TPSA) is 29.1 Å². The SMILES string of the molecule is C=CC(=O)C(C=C)=C1[B]c2ccccc2N1. The predicted molar refractivity (Wildman–Crippen MR) is 67.9 cm³/mol. The first-order chi connectivity index (χ1) is 7.76. The van der Waals surface area contributed by atoms with Gasteiger partial charge < -0.3 is 5.32 Å².